The van der Waals surface area contributed by atoms with Crippen LogP contribution in [0.3, 0.4) is 0 Å². The van der Waals surface area contributed by atoms with Gasteiger partial charge in [0.15, 0.2) is 5.82 Å². The van der Waals surface area contributed by atoms with Crippen molar-refractivity contribution in [2.75, 3.05) is 6.50 Å². The van der Waals surface area contributed by atoms with Gasteiger partial charge in [-0.1, -0.05) is 11.6 Å². The van der Waals surface area contributed by atoms with Crippen molar-refractivity contribution in [1.82, 2.24) is 25.9 Å². The van der Waals surface area contributed by atoms with E-state index in [2.05, 4.69) is 25.9 Å². The summed E-state index contributed by atoms with van der Waals surface area (Å²) >= 11 is 0. The summed E-state index contributed by atoms with van der Waals surface area (Å²) in [7, 11) is 0. The van der Waals surface area contributed by atoms with E-state index in [0.29, 0.717) is 24.6 Å². The largest absolute Gasteiger partial charge is 0.480 e. The summed E-state index contributed by atoms with van der Waals surface area (Å²) in [6.07, 6.45) is 4.07. The van der Waals surface area contributed by atoms with E-state index >= 15 is 0 Å². The first kappa shape index (κ1) is 10.3. The Bertz CT molecular complexity index is 570. The average Bonchev–Trinajstić information content (AvgIpc) is 2.96. The molecule has 1 aromatic heterocycles. The number of H-pyrrole nitrogens is 1. The van der Waals surface area contributed by atoms with Gasteiger partial charge in [0.1, 0.15) is 6.02 Å². The maximum Gasteiger partial charge on any atom is 0.320 e. The molecule has 0 unspecified atom stereocenters. The Balaban J connectivity index is 1.66. The van der Waals surface area contributed by atoms with Gasteiger partial charge in [0.05, 0.1) is 1.37 Å². The van der Waals surface area contributed by atoms with Crippen LogP contribution in [-0.2, 0) is 11.2 Å². The lowest BCUT2D eigenvalue weighted by atomic mass is 9.69. The minimum absolute atomic E-state index is 0.0936. The quantitative estimate of drug-likeness (QED) is 0.747. The van der Waals surface area contributed by atoms with Crippen molar-refractivity contribution in [2.45, 2.75) is 44.5 Å². The number of carboxylic acid groups (broad SMARTS) is 1. The molecular formula is C13H21N5O2. The molecule has 2 fully saturated rings. The summed E-state index contributed by atoms with van der Waals surface area (Å²) in [5, 5.41) is 25.5. The van der Waals surface area contributed by atoms with Gasteiger partial charge in [0.2, 0.25) is 0 Å². The van der Waals surface area contributed by atoms with Crippen LogP contribution >= 0.6 is 0 Å². The number of hydrogen-bond donors (Lipinski definition) is 3. The first-order valence-electron chi connectivity index (χ1n) is 8.55. The highest BCUT2D eigenvalue weighted by atomic mass is 16.4. The summed E-state index contributed by atoms with van der Waals surface area (Å²) in [4.78, 5) is 11.4. The molecule has 110 valence electrons. The number of aromatic amines is 1. The minimum atomic E-state index is -1.94. The molecule has 7 nitrogen and oxygen atoms in total. The first-order valence-corrected chi connectivity index (χ1v) is 7.05. The summed E-state index contributed by atoms with van der Waals surface area (Å²) in [6, 6.07) is -1.94. The highest BCUT2D eigenvalue weighted by molar-refractivity contribution is 5.73. The molecule has 0 bridgehead atoms. The smallest absolute Gasteiger partial charge is 0.320 e. The summed E-state index contributed by atoms with van der Waals surface area (Å²) < 4.78 is 24.3. The first-order chi connectivity index (χ1) is 10.8. The van der Waals surface area contributed by atoms with E-state index < -0.39 is 18.5 Å². The highest BCUT2D eigenvalue weighted by Gasteiger charge is 2.37. The monoisotopic (exact) mass is 282 g/mol. The number of carbonyl (C=O) groups is 1. The number of aryl methyl sites for hydroxylation is 1. The lowest BCUT2D eigenvalue weighted by Crippen LogP contribution is -2.49. The van der Waals surface area contributed by atoms with Gasteiger partial charge in [-0.05, 0) is 49.9 Å². The van der Waals surface area contributed by atoms with Crippen LogP contribution in [0.4, 0.5) is 0 Å². The van der Waals surface area contributed by atoms with Crippen LogP contribution in [0, 0.1) is 17.8 Å². The Morgan fingerprint density at radius 3 is 3.10 bits per heavy atom. The molecule has 0 aromatic carbocycles. The van der Waals surface area contributed by atoms with E-state index in [0.717, 1.165) is 19.3 Å². The fourth-order valence-electron chi connectivity index (χ4n) is 3.29. The van der Waals surface area contributed by atoms with E-state index in [4.69, 9.17) is 4.11 Å². The van der Waals surface area contributed by atoms with Crippen molar-refractivity contribution in [3.05, 3.63) is 5.82 Å². The normalized spacial score (nSPS) is 42.0. The number of nitrogens with zero attached hydrogens (tertiary/aromatic N) is 3. The second kappa shape index (κ2) is 5.87. The van der Waals surface area contributed by atoms with Gasteiger partial charge in [-0.3, -0.25) is 4.79 Å². The number of aromatic nitrogens is 4. The van der Waals surface area contributed by atoms with E-state index in [1.165, 1.54) is 0 Å². The minimum Gasteiger partial charge on any atom is -0.480 e. The van der Waals surface area contributed by atoms with Crippen LogP contribution in [0.2, 0.25) is 0 Å². The van der Waals surface area contributed by atoms with Crippen LogP contribution in [0.25, 0.3) is 0 Å². The molecule has 7 heteroatoms. The lowest BCUT2D eigenvalue weighted by Gasteiger charge is -2.41. The van der Waals surface area contributed by atoms with Crippen LogP contribution in [0.15, 0.2) is 0 Å². The Morgan fingerprint density at radius 2 is 2.35 bits per heavy atom. The van der Waals surface area contributed by atoms with Crippen molar-refractivity contribution in [3.63, 3.8) is 0 Å². The topological polar surface area (TPSA) is 104 Å². The van der Waals surface area contributed by atoms with E-state index in [1.807, 2.05) is 0 Å². The fraction of sp³-hybridized carbons (Fsp3) is 0.846. The summed E-state index contributed by atoms with van der Waals surface area (Å²) in [5.41, 5.74) is 0. The molecule has 0 amide bonds. The zero-order chi connectivity index (χ0) is 16.7. The molecule has 20 heavy (non-hydrogen) atoms. The fourth-order valence-corrected chi connectivity index (χ4v) is 3.29. The predicted octanol–water partition coefficient (Wildman–Crippen LogP) is 0.611. The standard InChI is InChI=1S/C13H21N5O2/c19-13(20)11-6-10-5-8(1-3-9(10)7-14-11)2-4-12-15-17-18-16-12/h8-11,14H,1-7H2,(H,19,20)(H,15,16,17,18)/t8-,9+,10-,11+/m1/s1/i7D2,11D. The Hall–Kier alpha value is -1.50. The van der Waals surface area contributed by atoms with Crippen molar-refractivity contribution in [3.8, 4) is 0 Å². The van der Waals surface area contributed by atoms with Gasteiger partial charge in [-0.25, -0.2) is 0 Å². The van der Waals surface area contributed by atoms with E-state index in [9.17, 15) is 9.90 Å². The number of carboxylic acids is 1. The molecule has 0 radical (unpaired) electrons. The van der Waals surface area contributed by atoms with Crippen LogP contribution in [-0.4, -0.2) is 44.2 Å². The number of aliphatic carboxylic acids is 1. The molecule has 1 aliphatic carbocycles. The third kappa shape index (κ3) is 2.98. The highest BCUT2D eigenvalue weighted by Crippen LogP contribution is 2.40. The summed E-state index contributed by atoms with van der Waals surface area (Å²) in [5.74, 6) is -0.603. The molecule has 0 spiro atoms. The zero-order valence-electron chi connectivity index (χ0n) is 14.2. The van der Waals surface area contributed by atoms with Crippen LogP contribution in [0.5, 0.6) is 0 Å². The molecule has 1 aromatic rings. The molecule has 4 atom stereocenters. The number of nitrogens with one attached hydrogen (secondary N) is 2. The molecule has 1 saturated carbocycles. The third-order valence-electron chi connectivity index (χ3n) is 4.39. The lowest BCUT2D eigenvalue weighted by molar-refractivity contribution is -0.141. The maximum absolute atomic E-state index is 11.4. The summed E-state index contributed by atoms with van der Waals surface area (Å²) in [6.45, 7) is -1.82. The molecule has 1 aliphatic heterocycles. The Labute approximate surface area is 121 Å². The number of fused-ring (bicyclic) bond motifs is 1. The van der Waals surface area contributed by atoms with Gasteiger partial charge in [0, 0.05) is 9.16 Å². The second-order valence-electron chi connectivity index (χ2n) is 5.67. The molecule has 3 N–H and O–H groups in total. The van der Waals surface area contributed by atoms with Crippen LogP contribution in [0.1, 0.15) is 42.0 Å². The van der Waals surface area contributed by atoms with Crippen LogP contribution < -0.4 is 5.32 Å². The maximum atomic E-state index is 11.4. The third-order valence-corrected chi connectivity index (χ3v) is 4.39. The van der Waals surface area contributed by atoms with Gasteiger partial charge in [-0.2, -0.15) is 5.21 Å². The van der Waals surface area contributed by atoms with Crippen molar-refractivity contribution in [1.29, 1.82) is 0 Å². The number of tetrazole rings is 1. The molecule has 1 saturated heterocycles. The number of rotatable bonds is 4. The van der Waals surface area contributed by atoms with Crippen molar-refractivity contribution >= 4 is 5.97 Å². The molecule has 2 aliphatic rings. The molecule has 3 rings (SSSR count). The Morgan fingerprint density at radius 1 is 1.45 bits per heavy atom. The molecular weight excluding hydrogens is 258 g/mol. The average molecular weight is 282 g/mol. The van der Waals surface area contributed by atoms with Gasteiger partial charge in [0.25, 0.3) is 0 Å². The van der Waals surface area contributed by atoms with Gasteiger partial charge < -0.3 is 10.4 Å². The van der Waals surface area contributed by atoms with Gasteiger partial charge in [-0.15, -0.1) is 10.2 Å². The SMILES string of the molecule is [2H]C1([2H])N[C@]([2H])(C(=O)O)C[C@H]2C[C@@H](CCc3nn[nH]n3)CC[C@H]21. The van der Waals surface area contributed by atoms with Gasteiger partial charge >= 0.3 is 5.97 Å². The number of hydrogen-bond acceptors (Lipinski definition) is 5. The zero-order valence-corrected chi connectivity index (χ0v) is 11.2. The second-order valence-corrected chi connectivity index (χ2v) is 5.67. The van der Waals surface area contributed by atoms with Crippen molar-refractivity contribution in [2.24, 2.45) is 17.8 Å². The van der Waals surface area contributed by atoms with Crippen molar-refractivity contribution < 1.29 is 14.0 Å². The van der Waals surface area contributed by atoms with E-state index in [-0.39, 0.29) is 18.3 Å². The van der Waals surface area contributed by atoms with E-state index in [1.54, 1.807) is 0 Å². The Kier molecular flexibility index (Phi) is 3.01. The molecule has 2 heterocycles. The number of piperidine rings is 1. The predicted molar refractivity (Wildman–Crippen MR) is 70.9 cm³/mol.